The maximum Gasteiger partial charge on any atom is 0.298 e. The fraction of sp³-hybridized carbons (Fsp3) is 0. The maximum absolute atomic E-state index is 12.2. The van der Waals surface area contributed by atoms with Crippen LogP contribution in [0.2, 0.25) is 0 Å². The van der Waals surface area contributed by atoms with Gasteiger partial charge in [0, 0.05) is 10.8 Å². The second-order valence-electron chi connectivity index (χ2n) is 7.85. The first-order valence-corrected chi connectivity index (χ1v) is 15.7. The molecule has 0 atom stereocenters. The van der Waals surface area contributed by atoms with E-state index in [-0.39, 0.29) is 21.5 Å². The maximum atomic E-state index is 12.2. The zero-order valence-electron chi connectivity index (χ0n) is 18.7. The lowest BCUT2D eigenvalue weighted by Crippen LogP contribution is -2.02. The van der Waals surface area contributed by atoms with Crippen molar-refractivity contribution in [2.45, 2.75) is 19.6 Å². The molecule has 0 heterocycles. The van der Waals surface area contributed by atoms with Gasteiger partial charge in [-0.15, -0.1) is 10.2 Å². The summed E-state index contributed by atoms with van der Waals surface area (Å²) in [6.07, 6.45) is 0. The largest absolute Gasteiger partial charge is 0.504 e. The van der Waals surface area contributed by atoms with Crippen molar-refractivity contribution in [3.05, 3.63) is 54.6 Å². The number of azo groups is 1. The van der Waals surface area contributed by atoms with E-state index in [9.17, 15) is 57.0 Å². The summed E-state index contributed by atoms with van der Waals surface area (Å²) in [6, 6.07) is 8.28. The van der Waals surface area contributed by atoms with Crippen molar-refractivity contribution in [1.29, 1.82) is 0 Å². The normalized spacial score (nSPS) is 13.4. The molecule has 4 aromatic rings. The lowest BCUT2D eigenvalue weighted by molar-refractivity contribution is 0.445. The average molecular weight is 619 g/mol. The molecule has 4 rings (SSSR count). The summed E-state index contributed by atoms with van der Waals surface area (Å²) in [4.78, 5) is -3.23. The number of aromatic hydroxyl groups is 1. The smallest absolute Gasteiger partial charge is 0.298 e. The Bertz CT molecular complexity index is 2170. The molecule has 0 saturated heterocycles. The molecule has 0 bridgehead atoms. The van der Waals surface area contributed by atoms with Crippen LogP contribution in [0.25, 0.3) is 21.5 Å². The fourth-order valence-corrected chi connectivity index (χ4v) is 6.16. The van der Waals surface area contributed by atoms with Crippen molar-refractivity contribution in [2.24, 2.45) is 10.2 Å². The number of fused-ring (bicyclic) bond motifs is 2. The lowest BCUT2D eigenvalue weighted by Gasteiger charge is -2.10. The summed E-state index contributed by atoms with van der Waals surface area (Å²) in [7, 11) is -19.6. The van der Waals surface area contributed by atoms with Gasteiger partial charge >= 0.3 is 0 Å². The van der Waals surface area contributed by atoms with Crippen LogP contribution in [0.3, 0.4) is 0 Å². The molecule has 39 heavy (non-hydrogen) atoms. The van der Waals surface area contributed by atoms with Gasteiger partial charge in [0.15, 0.2) is 5.75 Å². The summed E-state index contributed by atoms with van der Waals surface area (Å²) in [5.74, 6) is -1.15. The Morgan fingerprint density at radius 2 is 1.08 bits per heavy atom. The first-order chi connectivity index (χ1) is 17.8. The molecule has 5 N–H and O–H groups in total. The first-order valence-electron chi connectivity index (χ1n) is 9.97. The van der Waals surface area contributed by atoms with Gasteiger partial charge in [0.2, 0.25) is 0 Å². The average Bonchev–Trinajstić information content (AvgIpc) is 2.79. The molecule has 15 nitrogen and oxygen atoms in total. The number of rotatable bonds is 6. The molecule has 19 heteroatoms. The van der Waals surface area contributed by atoms with Crippen LogP contribution in [0.4, 0.5) is 11.4 Å². The molecule has 0 radical (unpaired) electrons. The summed E-state index contributed by atoms with van der Waals surface area (Å²) < 4.78 is 132. The van der Waals surface area contributed by atoms with Crippen LogP contribution in [-0.2, 0) is 40.5 Å². The third-order valence-electron chi connectivity index (χ3n) is 5.33. The van der Waals surface area contributed by atoms with Gasteiger partial charge in [0.05, 0.1) is 9.79 Å². The highest BCUT2D eigenvalue weighted by Crippen LogP contribution is 2.43. The number of phenols is 1. The third kappa shape index (κ3) is 5.60. The van der Waals surface area contributed by atoms with E-state index in [1.807, 2.05) is 0 Å². The Morgan fingerprint density at radius 1 is 0.538 bits per heavy atom. The van der Waals surface area contributed by atoms with Crippen LogP contribution >= 0.6 is 0 Å². The van der Waals surface area contributed by atoms with Crippen LogP contribution in [0, 0.1) is 0 Å². The summed E-state index contributed by atoms with van der Waals surface area (Å²) in [5.41, 5.74) is -1.24. The summed E-state index contributed by atoms with van der Waals surface area (Å²) in [5, 5.41) is 17.2. The minimum atomic E-state index is -5.12. The standard InChI is InChI=1S/C20H14N2O13S4/c23-19-17(38(30,31)32)9-11-8-13(37(27,28)29)2-4-14(11)18(19)22-21-16-6-1-10-7-12(36(24,25)26)3-5-15(10)20(16)39(33,34)35/h1-9,23H,(H,24,25,26)(H,27,28,29)(H,30,31,32)(H,33,34,35). The molecule has 0 aliphatic rings. The summed E-state index contributed by atoms with van der Waals surface area (Å²) >= 11 is 0. The number of phenolic OH excluding ortho intramolecular Hbond substituents is 1. The highest BCUT2D eigenvalue weighted by atomic mass is 32.2. The molecule has 0 aliphatic carbocycles. The van der Waals surface area contributed by atoms with Crippen LogP contribution in [-0.4, -0.2) is 57.0 Å². The lowest BCUT2D eigenvalue weighted by atomic mass is 10.1. The second-order valence-corrected chi connectivity index (χ2v) is 13.4. The molecule has 0 fully saturated rings. The van der Waals surface area contributed by atoms with E-state index >= 15 is 0 Å². The second kappa shape index (κ2) is 9.27. The molecule has 206 valence electrons. The number of nitrogens with zero attached hydrogens (tertiary/aromatic N) is 2. The van der Waals surface area contributed by atoms with Gasteiger partial charge < -0.3 is 5.11 Å². The van der Waals surface area contributed by atoms with Crippen molar-refractivity contribution < 1.29 is 57.0 Å². The van der Waals surface area contributed by atoms with Gasteiger partial charge in [-0.2, -0.15) is 33.7 Å². The molecule has 0 amide bonds. The minimum Gasteiger partial charge on any atom is -0.504 e. The van der Waals surface area contributed by atoms with E-state index in [2.05, 4.69) is 10.2 Å². The van der Waals surface area contributed by atoms with Crippen molar-refractivity contribution >= 4 is 73.4 Å². The predicted octanol–water partition coefficient (Wildman–Crippen LogP) is 3.10. The van der Waals surface area contributed by atoms with Crippen molar-refractivity contribution in [3.8, 4) is 5.75 Å². The predicted molar refractivity (Wildman–Crippen MR) is 133 cm³/mol. The van der Waals surface area contributed by atoms with Crippen molar-refractivity contribution in [2.75, 3.05) is 0 Å². The number of benzene rings is 4. The van der Waals surface area contributed by atoms with Crippen LogP contribution in [0.15, 0.2) is 84.4 Å². The first kappa shape index (κ1) is 28.4. The van der Waals surface area contributed by atoms with E-state index in [1.165, 1.54) is 0 Å². The van der Waals surface area contributed by atoms with Gasteiger partial charge in [-0.25, -0.2) is 0 Å². The van der Waals surface area contributed by atoms with Gasteiger partial charge in [0.25, 0.3) is 40.5 Å². The van der Waals surface area contributed by atoms with Crippen LogP contribution in [0.1, 0.15) is 0 Å². The monoisotopic (exact) mass is 618 g/mol. The Hall–Kier alpha value is -3.56. The number of hydrogen-bond acceptors (Lipinski definition) is 11. The minimum absolute atomic E-state index is 0.0592. The molecular weight excluding hydrogens is 604 g/mol. The Morgan fingerprint density at radius 3 is 1.59 bits per heavy atom. The highest BCUT2D eigenvalue weighted by Gasteiger charge is 2.24. The van der Waals surface area contributed by atoms with E-state index in [4.69, 9.17) is 0 Å². The SMILES string of the molecule is O=S(=O)(O)c1ccc2c(N=Nc3ccc4cc(S(=O)(=O)O)ccc4c3S(=O)(=O)O)c(O)c(S(=O)(=O)O)cc2c1. The molecule has 0 spiro atoms. The van der Waals surface area contributed by atoms with E-state index in [0.717, 1.165) is 48.5 Å². The summed E-state index contributed by atoms with van der Waals surface area (Å²) in [6.45, 7) is 0. The zero-order chi connectivity index (χ0) is 29.1. The van der Waals surface area contributed by atoms with E-state index < -0.39 is 77.2 Å². The van der Waals surface area contributed by atoms with Crippen molar-refractivity contribution in [3.63, 3.8) is 0 Å². The third-order valence-corrected chi connectivity index (χ3v) is 8.84. The van der Waals surface area contributed by atoms with Gasteiger partial charge in [-0.1, -0.05) is 18.2 Å². The van der Waals surface area contributed by atoms with Crippen molar-refractivity contribution in [1.82, 2.24) is 0 Å². The van der Waals surface area contributed by atoms with E-state index in [1.54, 1.807) is 0 Å². The van der Waals surface area contributed by atoms with E-state index in [0.29, 0.717) is 6.07 Å². The Labute approximate surface area is 220 Å². The van der Waals surface area contributed by atoms with Crippen LogP contribution in [0.5, 0.6) is 5.75 Å². The molecule has 0 saturated carbocycles. The zero-order valence-corrected chi connectivity index (χ0v) is 22.0. The molecule has 0 aromatic heterocycles. The Kier molecular flexibility index (Phi) is 6.77. The van der Waals surface area contributed by atoms with Gasteiger partial charge in [0.1, 0.15) is 21.2 Å². The quantitative estimate of drug-likeness (QED) is 0.154. The number of hydrogen-bond donors (Lipinski definition) is 5. The molecule has 0 unspecified atom stereocenters. The topological polar surface area (TPSA) is 262 Å². The molecule has 4 aromatic carbocycles. The van der Waals surface area contributed by atoms with Crippen LogP contribution < -0.4 is 0 Å². The fourth-order valence-electron chi connectivity index (χ4n) is 3.67. The van der Waals surface area contributed by atoms with Gasteiger partial charge in [-0.3, -0.25) is 18.2 Å². The highest BCUT2D eigenvalue weighted by molar-refractivity contribution is 7.86. The molecular formula is C20H14N2O13S4. The Balaban J connectivity index is 2.02. The van der Waals surface area contributed by atoms with Gasteiger partial charge in [-0.05, 0) is 47.2 Å². The molecule has 0 aliphatic heterocycles.